The predicted molar refractivity (Wildman–Crippen MR) is 80.8 cm³/mol. The molecule has 0 fully saturated rings. The highest BCUT2D eigenvalue weighted by atomic mass is 16.3. The number of rotatable bonds is 7. The van der Waals surface area contributed by atoms with E-state index in [1.807, 2.05) is 6.07 Å². The van der Waals surface area contributed by atoms with E-state index in [1.54, 1.807) is 6.26 Å². The van der Waals surface area contributed by atoms with Gasteiger partial charge in [-0.05, 0) is 25.0 Å². The summed E-state index contributed by atoms with van der Waals surface area (Å²) in [5.41, 5.74) is 3.63. The number of aromatic nitrogens is 2. The van der Waals surface area contributed by atoms with Gasteiger partial charge in [0, 0.05) is 23.8 Å². The molecule has 0 aliphatic heterocycles. The van der Waals surface area contributed by atoms with Gasteiger partial charge in [0.05, 0.1) is 18.5 Å². The summed E-state index contributed by atoms with van der Waals surface area (Å²) in [4.78, 5) is 0. The first-order valence-corrected chi connectivity index (χ1v) is 7.48. The smallest absolute Gasteiger partial charge is 0.129 e. The molecule has 0 bridgehead atoms. The molecule has 0 aliphatic carbocycles. The molecule has 20 heavy (non-hydrogen) atoms. The van der Waals surface area contributed by atoms with Crippen LogP contribution in [0.2, 0.25) is 0 Å². The van der Waals surface area contributed by atoms with Crippen molar-refractivity contribution in [3.63, 3.8) is 0 Å². The van der Waals surface area contributed by atoms with Gasteiger partial charge in [-0.15, -0.1) is 0 Å². The van der Waals surface area contributed by atoms with Gasteiger partial charge < -0.3 is 9.73 Å². The molecule has 0 aromatic carbocycles. The van der Waals surface area contributed by atoms with E-state index in [1.165, 1.54) is 11.3 Å². The molecule has 0 aliphatic rings. The van der Waals surface area contributed by atoms with Crippen LogP contribution in [0.1, 0.15) is 50.4 Å². The number of nitrogens with one attached hydrogen (secondary N) is 1. The highest BCUT2D eigenvalue weighted by Gasteiger charge is 2.11. The lowest BCUT2D eigenvalue weighted by Gasteiger charge is -2.09. The lowest BCUT2D eigenvalue weighted by Crippen LogP contribution is -2.22. The topological polar surface area (TPSA) is 43.0 Å². The van der Waals surface area contributed by atoms with E-state index in [2.05, 4.69) is 48.9 Å². The molecule has 4 heteroatoms. The summed E-state index contributed by atoms with van der Waals surface area (Å²) in [6.07, 6.45) is 3.73. The summed E-state index contributed by atoms with van der Waals surface area (Å²) in [6, 6.07) is 4.70. The summed E-state index contributed by atoms with van der Waals surface area (Å²) >= 11 is 0. The molecule has 4 nitrogen and oxygen atoms in total. The fraction of sp³-hybridized carbons (Fsp3) is 0.562. The van der Waals surface area contributed by atoms with E-state index < -0.39 is 0 Å². The van der Waals surface area contributed by atoms with Crippen molar-refractivity contribution in [3.8, 4) is 0 Å². The first-order chi connectivity index (χ1) is 9.63. The fourth-order valence-corrected chi connectivity index (χ4v) is 2.22. The van der Waals surface area contributed by atoms with Gasteiger partial charge in [0.25, 0.3) is 0 Å². The Morgan fingerprint density at radius 3 is 2.75 bits per heavy atom. The Hall–Kier alpha value is -1.55. The van der Waals surface area contributed by atoms with E-state index >= 15 is 0 Å². The normalized spacial score (nSPS) is 11.4. The second kappa shape index (κ2) is 6.75. The van der Waals surface area contributed by atoms with Gasteiger partial charge in [0.15, 0.2) is 0 Å². The van der Waals surface area contributed by atoms with Crippen LogP contribution >= 0.6 is 0 Å². The van der Waals surface area contributed by atoms with Crippen molar-refractivity contribution < 1.29 is 4.42 Å². The third-order valence-corrected chi connectivity index (χ3v) is 3.47. The number of furan rings is 1. The molecule has 2 aromatic heterocycles. The zero-order chi connectivity index (χ0) is 14.5. The molecule has 0 spiro atoms. The van der Waals surface area contributed by atoms with Gasteiger partial charge >= 0.3 is 0 Å². The lowest BCUT2D eigenvalue weighted by atomic mass is 10.2. The van der Waals surface area contributed by atoms with E-state index in [0.717, 1.165) is 30.8 Å². The average Bonchev–Trinajstić information content (AvgIpc) is 3.03. The van der Waals surface area contributed by atoms with E-state index in [-0.39, 0.29) is 0 Å². The van der Waals surface area contributed by atoms with Crippen LogP contribution in [0.15, 0.2) is 22.8 Å². The zero-order valence-corrected chi connectivity index (χ0v) is 12.9. The molecule has 0 saturated heterocycles. The van der Waals surface area contributed by atoms with Crippen molar-refractivity contribution >= 4 is 0 Å². The van der Waals surface area contributed by atoms with E-state index in [0.29, 0.717) is 12.6 Å². The standard InChI is InChI=1S/C16H25N3O/c1-5-14-9-15(6-2)19(18-14)11-16-13(7-8-20-16)10-17-12(3)4/h7-9,12,17H,5-6,10-11H2,1-4H3. The van der Waals surface area contributed by atoms with Gasteiger partial charge in [-0.3, -0.25) is 4.68 Å². The fourth-order valence-electron chi connectivity index (χ4n) is 2.22. The average molecular weight is 275 g/mol. The SMILES string of the molecule is CCc1cc(CC)n(Cc2occc2CNC(C)C)n1. The monoisotopic (exact) mass is 275 g/mol. The highest BCUT2D eigenvalue weighted by Crippen LogP contribution is 2.15. The molecule has 1 N–H and O–H groups in total. The minimum absolute atomic E-state index is 0.473. The first kappa shape index (κ1) is 14.9. The van der Waals surface area contributed by atoms with Crippen LogP contribution in [0.5, 0.6) is 0 Å². The Bertz CT molecular complexity index is 540. The predicted octanol–water partition coefficient (Wildman–Crippen LogP) is 3.15. The quantitative estimate of drug-likeness (QED) is 0.844. The number of hydrogen-bond donors (Lipinski definition) is 1. The summed E-state index contributed by atoms with van der Waals surface area (Å²) in [6.45, 7) is 10.2. The van der Waals surface area contributed by atoms with Crippen molar-refractivity contribution in [2.75, 3.05) is 0 Å². The Morgan fingerprint density at radius 1 is 1.30 bits per heavy atom. The first-order valence-electron chi connectivity index (χ1n) is 7.48. The van der Waals surface area contributed by atoms with Crippen molar-refractivity contribution in [2.45, 2.75) is 59.7 Å². The van der Waals surface area contributed by atoms with Gasteiger partial charge in [0.1, 0.15) is 5.76 Å². The Labute approximate surface area is 121 Å². The van der Waals surface area contributed by atoms with Gasteiger partial charge in [-0.2, -0.15) is 5.10 Å². The Kier molecular flexibility index (Phi) is 5.01. The molecular formula is C16H25N3O. The molecule has 0 radical (unpaired) electrons. The molecule has 110 valence electrons. The lowest BCUT2D eigenvalue weighted by molar-refractivity contribution is 0.464. The van der Waals surface area contributed by atoms with Crippen LogP contribution in [0.4, 0.5) is 0 Å². The second-order valence-corrected chi connectivity index (χ2v) is 5.40. The van der Waals surface area contributed by atoms with Crippen molar-refractivity contribution in [3.05, 3.63) is 41.1 Å². The third kappa shape index (κ3) is 3.51. The molecule has 2 rings (SSSR count). The number of aryl methyl sites for hydroxylation is 2. The minimum Gasteiger partial charge on any atom is -0.467 e. The van der Waals surface area contributed by atoms with Crippen LogP contribution in [-0.4, -0.2) is 15.8 Å². The molecule has 0 saturated carbocycles. The van der Waals surface area contributed by atoms with Crippen LogP contribution in [-0.2, 0) is 25.9 Å². The number of hydrogen-bond acceptors (Lipinski definition) is 3. The van der Waals surface area contributed by atoms with Crippen molar-refractivity contribution in [2.24, 2.45) is 0 Å². The molecular weight excluding hydrogens is 250 g/mol. The summed E-state index contributed by atoms with van der Waals surface area (Å²) < 4.78 is 7.71. The van der Waals surface area contributed by atoms with Crippen molar-refractivity contribution in [1.29, 1.82) is 0 Å². The van der Waals surface area contributed by atoms with Crippen LogP contribution in [0, 0.1) is 0 Å². The van der Waals surface area contributed by atoms with Crippen LogP contribution in [0.25, 0.3) is 0 Å². The Morgan fingerprint density at radius 2 is 2.10 bits per heavy atom. The molecule has 2 aromatic rings. The van der Waals surface area contributed by atoms with Crippen LogP contribution < -0.4 is 5.32 Å². The van der Waals surface area contributed by atoms with Crippen LogP contribution in [0.3, 0.4) is 0 Å². The van der Waals surface area contributed by atoms with Gasteiger partial charge in [-0.25, -0.2) is 0 Å². The maximum Gasteiger partial charge on any atom is 0.129 e. The maximum absolute atomic E-state index is 5.64. The second-order valence-electron chi connectivity index (χ2n) is 5.40. The molecule has 0 amide bonds. The molecule has 0 unspecified atom stereocenters. The summed E-state index contributed by atoms with van der Waals surface area (Å²) in [5.74, 6) is 0.999. The molecule has 2 heterocycles. The van der Waals surface area contributed by atoms with Crippen molar-refractivity contribution in [1.82, 2.24) is 15.1 Å². The minimum atomic E-state index is 0.473. The summed E-state index contributed by atoms with van der Waals surface area (Å²) in [5, 5.41) is 8.08. The number of nitrogens with zero attached hydrogens (tertiary/aromatic N) is 2. The zero-order valence-electron chi connectivity index (χ0n) is 12.9. The maximum atomic E-state index is 5.64. The van der Waals surface area contributed by atoms with E-state index in [4.69, 9.17) is 4.42 Å². The van der Waals surface area contributed by atoms with Gasteiger partial charge in [0.2, 0.25) is 0 Å². The highest BCUT2D eigenvalue weighted by molar-refractivity contribution is 5.19. The summed E-state index contributed by atoms with van der Waals surface area (Å²) in [7, 11) is 0. The third-order valence-electron chi connectivity index (χ3n) is 3.47. The Balaban J connectivity index is 2.13. The molecule has 0 atom stereocenters. The largest absolute Gasteiger partial charge is 0.467 e. The van der Waals surface area contributed by atoms with Gasteiger partial charge in [-0.1, -0.05) is 27.7 Å². The van der Waals surface area contributed by atoms with E-state index in [9.17, 15) is 0 Å².